The first-order valence-electron chi connectivity index (χ1n) is 11.3. The molecule has 3 nitrogen and oxygen atoms in total. The monoisotopic (exact) mass is 420 g/mol. The summed E-state index contributed by atoms with van der Waals surface area (Å²) < 4.78 is 0. The Bertz CT molecular complexity index is 965. The molecule has 3 aliphatic rings. The van der Waals surface area contributed by atoms with Crippen LogP contribution in [-0.2, 0) is 17.6 Å². The van der Waals surface area contributed by atoms with Gasteiger partial charge in [0, 0.05) is 23.2 Å². The highest BCUT2D eigenvalue weighted by Gasteiger charge is 2.40. The summed E-state index contributed by atoms with van der Waals surface area (Å²) in [5.74, 6) is 0.250. The Morgan fingerprint density at radius 2 is 1.77 bits per heavy atom. The molecular weight excluding hydrogens is 392 g/mol. The SMILES string of the molecule is O=C1C2=C(CCCC2)[C@H](N[C@@H]2CCCc3ccccc32)N1CCc1ccc(Cl)cc1. The van der Waals surface area contributed by atoms with Crippen LogP contribution in [0.5, 0.6) is 0 Å². The van der Waals surface area contributed by atoms with Crippen LogP contribution in [0.4, 0.5) is 0 Å². The van der Waals surface area contributed by atoms with Crippen molar-refractivity contribution in [3.8, 4) is 0 Å². The van der Waals surface area contributed by atoms with Crippen molar-refractivity contribution >= 4 is 17.5 Å². The van der Waals surface area contributed by atoms with E-state index in [-0.39, 0.29) is 12.1 Å². The summed E-state index contributed by atoms with van der Waals surface area (Å²) in [6.45, 7) is 0.736. The Labute approximate surface area is 184 Å². The van der Waals surface area contributed by atoms with Crippen molar-refractivity contribution in [2.24, 2.45) is 0 Å². The average molecular weight is 421 g/mol. The predicted octanol–water partition coefficient (Wildman–Crippen LogP) is 5.59. The number of fused-ring (bicyclic) bond motifs is 1. The lowest BCUT2D eigenvalue weighted by molar-refractivity contribution is -0.127. The number of hydrogen-bond acceptors (Lipinski definition) is 2. The molecule has 2 aliphatic carbocycles. The van der Waals surface area contributed by atoms with Crippen molar-refractivity contribution in [3.05, 3.63) is 81.4 Å². The third-order valence-corrected chi connectivity index (χ3v) is 7.21. The zero-order chi connectivity index (χ0) is 20.5. The molecule has 0 saturated carbocycles. The van der Waals surface area contributed by atoms with Crippen molar-refractivity contribution < 1.29 is 4.79 Å². The number of carbonyl (C=O) groups excluding carboxylic acids is 1. The van der Waals surface area contributed by atoms with E-state index in [0.29, 0.717) is 6.04 Å². The second-order valence-corrected chi connectivity index (χ2v) is 9.24. The minimum atomic E-state index is 0.0382. The Morgan fingerprint density at radius 1 is 0.967 bits per heavy atom. The second kappa shape index (κ2) is 8.56. The number of rotatable bonds is 5. The van der Waals surface area contributed by atoms with E-state index in [4.69, 9.17) is 11.6 Å². The maximum atomic E-state index is 13.3. The maximum absolute atomic E-state index is 13.3. The summed E-state index contributed by atoms with van der Waals surface area (Å²) in [7, 11) is 0. The van der Waals surface area contributed by atoms with Crippen LogP contribution in [0, 0.1) is 0 Å². The molecule has 0 fully saturated rings. The first-order chi connectivity index (χ1) is 14.7. The molecule has 1 heterocycles. The van der Waals surface area contributed by atoms with Crippen molar-refractivity contribution in [2.75, 3.05) is 6.54 Å². The third kappa shape index (κ3) is 3.81. The molecule has 2 aromatic carbocycles. The van der Waals surface area contributed by atoms with Gasteiger partial charge in [0.25, 0.3) is 5.91 Å². The van der Waals surface area contributed by atoms with Crippen LogP contribution in [0.15, 0.2) is 59.7 Å². The molecule has 0 saturated heterocycles. The highest BCUT2D eigenvalue weighted by atomic mass is 35.5. The van der Waals surface area contributed by atoms with Gasteiger partial charge in [-0.3, -0.25) is 10.1 Å². The summed E-state index contributed by atoms with van der Waals surface area (Å²) in [4.78, 5) is 15.4. The molecule has 156 valence electrons. The first kappa shape index (κ1) is 19.8. The highest BCUT2D eigenvalue weighted by molar-refractivity contribution is 6.30. The normalized spacial score (nSPS) is 23.5. The molecule has 0 aromatic heterocycles. The van der Waals surface area contributed by atoms with Crippen molar-refractivity contribution in [2.45, 2.75) is 63.6 Å². The zero-order valence-corrected chi connectivity index (χ0v) is 18.1. The Balaban J connectivity index is 1.39. The fourth-order valence-corrected chi connectivity index (χ4v) is 5.52. The predicted molar refractivity (Wildman–Crippen MR) is 121 cm³/mol. The fraction of sp³-hybridized carbons (Fsp3) is 0.423. The smallest absolute Gasteiger partial charge is 0.251 e. The van der Waals surface area contributed by atoms with Gasteiger partial charge in [0.1, 0.15) is 6.17 Å². The number of carbonyl (C=O) groups is 1. The lowest BCUT2D eigenvalue weighted by atomic mass is 9.86. The molecule has 4 heteroatoms. The average Bonchev–Trinajstić information content (AvgIpc) is 3.05. The first-order valence-corrected chi connectivity index (χ1v) is 11.7. The number of hydrogen-bond donors (Lipinski definition) is 1. The minimum Gasteiger partial charge on any atom is -0.319 e. The summed E-state index contributed by atoms with van der Waals surface area (Å²) in [6.07, 6.45) is 8.69. The molecule has 0 bridgehead atoms. The lowest BCUT2D eigenvalue weighted by Gasteiger charge is -2.35. The highest BCUT2D eigenvalue weighted by Crippen LogP contribution is 2.38. The minimum absolute atomic E-state index is 0.0382. The molecule has 2 aromatic rings. The Hall–Kier alpha value is -2.10. The number of benzene rings is 2. The van der Waals surface area contributed by atoms with Crippen LogP contribution in [-0.4, -0.2) is 23.5 Å². The Morgan fingerprint density at radius 3 is 2.63 bits per heavy atom. The second-order valence-electron chi connectivity index (χ2n) is 8.80. The molecule has 0 radical (unpaired) electrons. The van der Waals surface area contributed by atoms with Crippen LogP contribution >= 0.6 is 11.6 Å². The molecule has 1 amide bonds. The van der Waals surface area contributed by atoms with Crippen LogP contribution < -0.4 is 5.32 Å². The quantitative estimate of drug-likeness (QED) is 0.683. The molecule has 0 unspecified atom stereocenters. The summed E-state index contributed by atoms with van der Waals surface area (Å²) in [6, 6.07) is 17.1. The number of nitrogens with zero attached hydrogens (tertiary/aromatic N) is 1. The summed E-state index contributed by atoms with van der Waals surface area (Å²) in [5.41, 5.74) is 6.53. The summed E-state index contributed by atoms with van der Waals surface area (Å²) >= 11 is 6.04. The molecule has 1 aliphatic heterocycles. The number of nitrogens with one attached hydrogen (secondary N) is 1. The van der Waals surface area contributed by atoms with E-state index >= 15 is 0 Å². The Kier molecular flexibility index (Phi) is 5.66. The van der Waals surface area contributed by atoms with E-state index in [2.05, 4.69) is 46.6 Å². The van der Waals surface area contributed by atoms with Crippen LogP contribution in [0.25, 0.3) is 0 Å². The van der Waals surface area contributed by atoms with Gasteiger partial charge in [0.2, 0.25) is 0 Å². The number of aryl methyl sites for hydroxylation is 1. The van der Waals surface area contributed by atoms with Crippen molar-refractivity contribution in [1.29, 1.82) is 0 Å². The molecule has 1 N–H and O–H groups in total. The van der Waals surface area contributed by atoms with E-state index in [9.17, 15) is 4.79 Å². The van der Waals surface area contributed by atoms with E-state index in [1.807, 2.05) is 12.1 Å². The van der Waals surface area contributed by atoms with Gasteiger partial charge in [-0.15, -0.1) is 0 Å². The number of halogens is 1. The number of amides is 1. The van der Waals surface area contributed by atoms with Gasteiger partial charge in [-0.1, -0.05) is 48.0 Å². The van der Waals surface area contributed by atoms with Crippen molar-refractivity contribution in [3.63, 3.8) is 0 Å². The molecule has 30 heavy (non-hydrogen) atoms. The van der Waals surface area contributed by atoms with Crippen LogP contribution in [0.1, 0.15) is 61.3 Å². The van der Waals surface area contributed by atoms with E-state index in [1.54, 1.807) is 0 Å². The maximum Gasteiger partial charge on any atom is 0.251 e. The van der Waals surface area contributed by atoms with Gasteiger partial charge in [-0.05, 0) is 85.8 Å². The molecule has 2 atom stereocenters. The topological polar surface area (TPSA) is 32.3 Å². The van der Waals surface area contributed by atoms with Gasteiger partial charge in [0.15, 0.2) is 0 Å². The van der Waals surface area contributed by atoms with E-state index in [0.717, 1.165) is 55.7 Å². The molecular formula is C26H29ClN2O. The lowest BCUT2D eigenvalue weighted by Crippen LogP contribution is -2.48. The van der Waals surface area contributed by atoms with E-state index < -0.39 is 0 Å². The largest absolute Gasteiger partial charge is 0.319 e. The standard InChI is InChI=1S/C26H29ClN2O/c27-20-14-12-18(13-15-20)16-17-29-25(22-9-3-4-10-23(22)26(29)30)28-24-11-5-7-19-6-1-2-8-21(19)24/h1-2,6,8,12-15,24-25,28H,3-5,7,9-11,16-17H2/t24-,25-/m1/s1. The van der Waals surface area contributed by atoms with E-state index in [1.165, 1.54) is 35.1 Å². The van der Waals surface area contributed by atoms with Crippen LogP contribution in [0.3, 0.4) is 0 Å². The van der Waals surface area contributed by atoms with Gasteiger partial charge < -0.3 is 4.90 Å². The third-order valence-electron chi connectivity index (χ3n) is 6.95. The zero-order valence-electron chi connectivity index (χ0n) is 17.4. The van der Waals surface area contributed by atoms with Gasteiger partial charge >= 0.3 is 0 Å². The van der Waals surface area contributed by atoms with Crippen molar-refractivity contribution in [1.82, 2.24) is 10.2 Å². The summed E-state index contributed by atoms with van der Waals surface area (Å²) in [5, 5.41) is 4.68. The van der Waals surface area contributed by atoms with Gasteiger partial charge in [-0.2, -0.15) is 0 Å². The van der Waals surface area contributed by atoms with Gasteiger partial charge in [0.05, 0.1) is 0 Å². The fourth-order valence-electron chi connectivity index (χ4n) is 5.39. The van der Waals surface area contributed by atoms with Crippen LogP contribution in [0.2, 0.25) is 5.02 Å². The molecule has 0 spiro atoms. The molecule has 5 rings (SSSR count). The van der Waals surface area contributed by atoms with Gasteiger partial charge in [-0.25, -0.2) is 0 Å².